The van der Waals surface area contributed by atoms with Crippen molar-refractivity contribution in [3.05, 3.63) is 42.5 Å². The van der Waals surface area contributed by atoms with E-state index in [4.69, 9.17) is 0 Å². The monoisotopic (exact) mass is 346 g/mol. The summed E-state index contributed by atoms with van der Waals surface area (Å²) in [7, 11) is 0. The van der Waals surface area contributed by atoms with Crippen LogP contribution in [0, 0.1) is 29.6 Å². The van der Waals surface area contributed by atoms with Gasteiger partial charge in [0.05, 0.1) is 34.9 Å². The maximum atomic E-state index is 13.1. The van der Waals surface area contributed by atoms with Crippen LogP contribution < -0.4 is 4.90 Å². The molecule has 7 nitrogen and oxygen atoms in total. The summed E-state index contributed by atoms with van der Waals surface area (Å²) in [6, 6.07) is 8.12. The molecule has 5 rings (SSSR count). The highest BCUT2D eigenvalue weighted by Gasteiger charge is 2.56. The molecule has 7 heteroatoms. The first-order valence-electron chi connectivity index (χ1n) is 8.86. The highest BCUT2D eigenvalue weighted by atomic mass is 16.2. The van der Waals surface area contributed by atoms with Crippen molar-refractivity contribution in [2.24, 2.45) is 11.3 Å². The molecular weight excluding hydrogens is 328 g/mol. The number of aromatic nitrogens is 4. The fourth-order valence-corrected chi connectivity index (χ4v) is 4.02. The zero-order valence-corrected chi connectivity index (χ0v) is 14.5. The van der Waals surface area contributed by atoms with Gasteiger partial charge in [0.15, 0.2) is 0 Å². The Balaban J connectivity index is 1.58. The van der Waals surface area contributed by atoms with Gasteiger partial charge in [-0.1, -0.05) is 0 Å². The number of aryl methyl sites for hydroxylation is 1. The van der Waals surface area contributed by atoms with Crippen molar-refractivity contribution in [2.75, 3.05) is 11.4 Å². The Morgan fingerprint density at radius 1 is 1.35 bits per heavy atom. The van der Waals surface area contributed by atoms with Crippen LogP contribution in [0.2, 0.25) is 0 Å². The van der Waals surface area contributed by atoms with E-state index in [2.05, 4.69) is 16.3 Å². The Kier molecular flexibility index (Phi) is 3.02. The summed E-state index contributed by atoms with van der Waals surface area (Å²) < 4.78 is 3.56. The van der Waals surface area contributed by atoms with Crippen molar-refractivity contribution in [2.45, 2.75) is 26.2 Å². The highest BCUT2D eigenvalue weighted by Crippen LogP contribution is 2.52. The van der Waals surface area contributed by atoms with Gasteiger partial charge in [-0.3, -0.25) is 4.79 Å². The van der Waals surface area contributed by atoms with Gasteiger partial charge in [-0.2, -0.15) is 15.5 Å². The molecule has 1 amide bonds. The minimum atomic E-state index is -0.839. The first-order valence-corrected chi connectivity index (χ1v) is 8.86. The van der Waals surface area contributed by atoms with E-state index in [1.807, 2.05) is 37.5 Å². The summed E-state index contributed by atoms with van der Waals surface area (Å²) >= 11 is 0. The minimum absolute atomic E-state index is 0.0618. The number of nitrogens with zero attached hydrogens (tertiary/aromatic N) is 6. The van der Waals surface area contributed by atoms with Crippen molar-refractivity contribution in [1.29, 1.82) is 5.26 Å². The molecule has 2 aliphatic rings. The Hall–Kier alpha value is -3.14. The molecule has 3 aromatic heterocycles. The van der Waals surface area contributed by atoms with Gasteiger partial charge in [-0.25, -0.2) is 9.20 Å². The van der Waals surface area contributed by atoms with Gasteiger partial charge >= 0.3 is 0 Å². The van der Waals surface area contributed by atoms with Crippen LogP contribution in [0.15, 0.2) is 36.8 Å². The fourth-order valence-electron chi connectivity index (χ4n) is 4.02. The van der Waals surface area contributed by atoms with Gasteiger partial charge < -0.3 is 4.90 Å². The third kappa shape index (κ3) is 2.02. The van der Waals surface area contributed by atoms with E-state index in [9.17, 15) is 10.1 Å². The van der Waals surface area contributed by atoms with Crippen LogP contribution in [0.25, 0.3) is 11.2 Å². The Labute approximate surface area is 150 Å². The lowest BCUT2D eigenvalue weighted by Crippen LogP contribution is -2.35. The van der Waals surface area contributed by atoms with E-state index in [1.165, 1.54) is 0 Å². The molecule has 130 valence electrons. The summed E-state index contributed by atoms with van der Waals surface area (Å²) in [5.41, 5.74) is 2.63. The Bertz CT molecular complexity index is 1070. The third-order valence-corrected chi connectivity index (χ3v) is 5.58. The largest absolute Gasteiger partial charge is 0.309 e. The second-order valence-corrected chi connectivity index (χ2v) is 7.21. The van der Waals surface area contributed by atoms with Crippen LogP contribution in [-0.2, 0) is 4.79 Å². The van der Waals surface area contributed by atoms with E-state index in [0.717, 1.165) is 35.4 Å². The van der Waals surface area contributed by atoms with E-state index in [0.29, 0.717) is 13.0 Å². The number of hydrogen-bond acceptors (Lipinski definition) is 4. The van der Waals surface area contributed by atoms with Crippen LogP contribution >= 0.6 is 0 Å². The van der Waals surface area contributed by atoms with Gasteiger partial charge in [0, 0.05) is 18.9 Å². The number of carbonyl (C=O) groups is 1. The molecule has 0 bridgehead atoms. The molecule has 26 heavy (non-hydrogen) atoms. The quantitative estimate of drug-likeness (QED) is 0.730. The number of nitriles is 1. The maximum Gasteiger partial charge on any atom is 0.247 e. The maximum absolute atomic E-state index is 13.1. The first-order chi connectivity index (χ1) is 12.6. The number of rotatable bonds is 3. The first kappa shape index (κ1) is 15.1. The number of carbonyl (C=O) groups excluding carboxylic acids is 1. The smallest absolute Gasteiger partial charge is 0.247 e. The third-order valence-electron chi connectivity index (χ3n) is 5.58. The zero-order valence-electron chi connectivity index (χ0n) is 14.5. The van der Waals surface area contributed by atoms with E-state index >= 15 is 0 Å². The lowest BCUT2D eigenvalue weighted by atomic mass is 9.83. The predicted octanol–water partition coefficient (Wildman–Crippen LogP) is 2.49. The summed E-state index contributed by atoms with van der Waals surface area (Å²) in [4.78, 5) is 14.9. The minimum Gasteiger partial charge on any atom is -0.309 e. The van der Waals surface area contributed by atoms with Crippen molar-refractivity contribution >= 4 is 17.1 Å². The molecule has 0 aromatic carbocycles. The summed E-state index contributed by atoms with van der Waals surface area (Å²) in [6.45, 7) is 2.52. The molecular formula is C19H18N6O. The molecule has 1 aliphatic heterocycles. The summed E-state index contributed by atoms with van der Waals surface area (Å²) in [5, 5.41) is 18.5. The van der Waals surface area contributed by atoms with E-state index < -0.39 is 5.41 Å². The van der Waals surface area contributed by atoms with E-state index in [1.54, 1.807) is 20.3 Å². The summed E-state index contributed by atoms with van der Waals surface area (Å²) in [6.07, 6.45) is 8.05. The normalized spacial score (nSPS) is 22.9. The lowest BCUT2D eigenvalue weighted by molar-refractivity contribution is -0.123. The number of amides is 1. The number of fused-ring (bicyclic) bond motifs is 1. The summed E-state index contributed by atoms with van der Waals surface area (Å²) in [5.74, 6) is 0.158. The molecule has 1 aliphatic carbocycles. The molecule has 0 unspecified atom stereocenters. The second-order valence-electron chi connectivity index (χ2n) is 7.21. The average Bonchev–Trinajstić information content (AvgIpc) is 3.12. The van der Waals surface area contributed by atoms with Gasteiger partial charge in [-0.05, 0) is 50.3 Å². The molecule has 2 fully saturated rings. The van der Waals surface area contributed by atoms with Gasteiger partial charge in [0.2, 0.25) is 5.91 Å². The van der Waals surface area contributed by atoms with Crippen molar-refractivity contribution < 1.29 is 4.79 Å². The zero-order chi connectivity index (χ0) is 17.9. The SMILES string of the molecule is Cc1ccn(-c2cc3c(N4CC[C@@](C#N)(C5CC5)C4=O)ccnn3c2)n1. The van der Waals surface area contributed by atoms with Crippen LogP contribution in [0.4, 0.5) is 5.69 Å². The van der Waals surface area contributed by atoms with Crippen LogP contribution in [0.5, 0.6) is 0 Å². The molecule has 0 N–H and O–H groups in total. The average molecular weight is 346 g/mol. The van der Waals surface area contributed by atoms with Crippen molar-refractivity contribution in [3.8, 4) is 11.8 Å². The van der Waals surface area contributed by atoms with Crippen molar-refractivity contribution in [1.82, 2.24) is 19.4 Å². The highest BCUT2D eigenvalue weighted by molar-refractivity contribution is 6.04. The topological polar surface area (TPSA) is 79.2 Å². The second kappa shape index (κ2) is 5.18. The van der Waals surface area contributed by atoms with Gasteiger partial charge in [0.25, 0.3) is 0 Å². The van der Waals surface area contributed by atoms with E-state index in [-0.39, 0.29) is 11.8 Å². The van der Waals surface area contributed by atoms with Gasteiger partial charge in [-0.15, -0.1) is 0 Å². The van der Waals surface area contributed by atoms with Gasteiger partial charge in [0.1, 0.15) is 5.41 Å². The molecule has 0 spiro atoms. The van der Waals surface area contributed by atoms with Crippen molar-refractivity contribution in [3.63, 3.8) is 0 Å². The molecule has 0 radical (unpaired) electrons. The fraction of sp³-hybridized carbons (Fsp3) is 0.368. The molecule has 1 atom stereocenters. The standard InChI is InChI=1S/C19H18N6O/c1-13-5-8-24(22-13)15-10-17-16(4-7-21-25(17)11-15)23-9-6-19(12-20,18(23)26)14-2-3-14/h4-5,7-8,10-11,14H,2-3,6,9H2,1H3/t19-/m1/s1. The molecule has 4 heterocycles. The lowest BCUT2D eigenvalue weighted by Gasteiger charge is -2.21. The van der Waals surface area contributed by atoms with Crippen LogP contribution in [0.3, 0.4) is 0 Å². The molecule has 1 saturated heterocycles. The Morgan fingerprint density at radius 3 is 2.88 bits per heavy atom. The number of hydrogen-bond donors (Lipinski definition) is 0. The number of anilines is 1. The Morgan fingerprint density at radius 2 is 2.19 bits per heavy atom. The molecule has 3 aromatic rings. The van der Waals surface area contributed by atoms with Crippen LogP contribution in [0.1, 0.15) is 25.0 Å². The predicted molar refractivity (Wildman–Crippen MR) is 94.8 cm³/mol. The van der Waals surface area contributed by atoms with Crippen LogP contribution in [-0.4, -0.2) is 31.8 Å². The molecule has 1 saturated carbocycles.